The Morgan fingerprint density at radius 1 is 1.08 bits per heavy atom. The summed E-state index contributed by atoms with van der Waals surface area (Å²) < 4.78 is 16.6. The number of carbonyl (C=O) groups is 1. The van der Waals surface area contributed by atoms with E-state index in [2.05, 4.69) is 10.1 Å². The largest absolute Gasteiger partial charge is 0.388 e. The van der Waals surface area contributed by atoms with Gasteiger partial charge in [0.15, 0.2) is 5.65 Å². The topological polar surface area (TPSA) is 93.2 Å². The molecule has 9 heteroatoms. The van der Waals surface area contributed by atoms with Gasteiger partial charge >= 0.3 is 0 Å². The molecule has 3 heterocycles. The quantitative estimate of drug-likeness (QED) is 0.467. The van der Waals surface area contributed by atoms with Crippen molar-refractivity contribution in [1.29, 1.82) is 0 Å². The Labute approximate surface area is 206 Å². The molecule has 0 radical (unpaired) electrons. The van der Waals surface area contributed by atoms with Crippen molar-refractivity contribution < 1.29 is 14.3 Å². The molecule has 36 heavy (non-hydrogen) atoms. The molecule has 0 bridgehead atoms. The maximum atomic E-state index is 13.6. The molecule has 1 N–H and O–H groups in total. The van der Waals surface area contributed by atoms with Gasteiger partial charge in [0.1, 0.15) is 17.5 Å². The smallest absolute Gasteiger partial charge is 0.264 e. The van der Waals surface area contributed by atoms with E-state index in [1.54, 1.807) is 10.7 Å². The molecule has 8 nitrogen and oxygen atoms in total. The molecule has 4 aromatic rings. The average molecular weight is 488 g/mol. The number of fused-ring (bicyclic) bond motifs is 1. The summed E-state index contributed by atoms with van der Waals surface area (Å²) in [6, 6.07) is 13.8. The number of carbonyl (C=O) groups excluding carboxylic acids is 1. The molecule has 2 aromatic heterocycles. The van der Waals surface area contributed by atoms with E-state index in [9.17, 15) is 19.1 Å². The second-order valence-electron chi connectivity index (χ2n) is 9.85. The lowest BCUT2D eigenvalue weighted by molar-refractivity contribution is -0.137. The van der Waals surface area contributed by atoms with Gasteiger partial charge in [0.05, 0.1) is 24.0 Å². The normalized spacial score (nSPS) is 17.4. The van der Waals surface area contributed by atoms with Crippen LogP contribution in [-0.2, 0) is 11.3 Å². The van der Waals surface area contributed by atoms with E-state index in [1.807, 2.05) is 35.2 Å². The van der Waals surface area contributed by atoms with Crippen LogP contribution in [0.3, 0.4) is 0 Å². The van der Waals surface area contributed by atoms with Crippen molar-refractivity contribution in [1.82, 2.24) is 24.2 Å². The van der Waals surface area contributed by atoms with Gasteiger partial charge in [0.2, 0.25) is 5.91 Å². The fourth-order valence-electron chi connectivity index (χ4n) is 4.92. The van der Waals surface area contributed by atoms with E-state index in [0.717, 1.165) is 29.7 Å². The second-order valence-corrected chi connectivity index (χ2v) is 9.85. The third-order valence-corrected chi connectivity index (χ3v) is 7.22. The Morgan fingerprint density at radius 3 is 2.53 bits per heavy atom. The number of halogens is 1. The predicted octanol–water partition coefficient (Wildman–Crippen LogP) is 3.15. The van der Waals surface area contributed by atoms with E-state index >= 15 is 0 Å². The van der Waals surface area contributed by atoms with Crippen molar-refractivity contribution in [2.45, 2.75) is 37.8 Å². The van der Waals surface area contributed by atoms with Crippen LogP contribution in [0.2, 0.25) is 0 Å². The molecule has 2 fully saturated rings. The highest BCUT2D eigenvalue weighted by molar-refractivity contribution is 5.81. The third-order valence-electron chi connectivity index (χ3n) is 7.22. The minimum absolute atomic E-state index is 0.119. The summed E-state index contributed by atoms with van der Waals surface area (Å²) in [7, 11) is 0. The third kappa shape index (κ3) is 4.19. The molecule has 2 aromatic carbocycles. The molecule has 0 spiro atoms. The average Bonchev–Trinajstić information content (AvgIpc) is 3.65. The van der Waals surface area contributed by atoms with Crippen LogP contribution < -0.4 is 5.56 Å². The first-order valence-electron chi connectivity index (χ1n) is 12.2. The molecule has 184 valence electrons. The van der Waals surface area contributed by atoms with Crippen LogP contribution in [-0.4, -0.2) is 53.9 Å². The Morgan fingerprint density at radius 2 is 1.83 bits per heavy atom. The summed E-state index contributed by atoms with van der Waals surface area (Å²) in [5, 5.41) is 15.9. The number of benzene rings is 2. The van der Waals surface area contributed by atoms with Crippen LogP contribution in [0.4, 0.5) is 4.39 Å². The van der Waals surface area contributed by atoms with E-state index in [1.165, 1.54) is 29.2 Å². The highest BCUT2D eigenvalue weighted by Crippen LogP contribution is 2.33. The van der Waals surface area contributed by atoms with Crippen molar-refractivity contribution in [2.75, 3.05) is 13.1 Å². The number of nitrogens with zero attached hydrogens (tertiary/aromatic N) is 5. The number of likely N-dealkylation sites (tertiary alicyclic amines) is 1. The fraction of sp³-hybridized carbons (Fsp3) is 0.333. The number of amides is 1. The van der Waals surface area contributed by atoms with Crippen LogP contribution in [0.5, 0.6) is 0 Å². The Balaban J connectivity index is 1.21. The van der Waals surface area contributed by atoms with Crippen molar-refractivity contribution in [3.8, 4) is 16.8 Å². The maximum absolute atomic E-state index is 13.6. The minimum atomic E-state index is -1.07. The zero-order chi connectivity index (χ0) is 24.9. The van der Waals surface area contributed by atoms with E-state index in [-0.39, 0.29) is 29.7 Å². The number of piperidine rings is 1. The molecule has 1 amide bonds. The SMILES string of the molecule is O=C(C1CC1)N1CCC(O)(Cn2cnc3c(cnn3-c3ccc(-c4cccc(F)c4)cc3)c2=O)CC1. The van der Waals surface area contributed by atoms with E-state index < -0.39 is 5.60 Å². The molecular weight excluding hydrogens is 461 g/mol. The lowest BCUT2D eigenvalue weighted by Crippen LogP contribution is -2.50. The zero-order valence-electron chi connectivity index (χ0n) is 19.7. The van der Waals surface area contributed by atoms with Crippen LogP contribution in [0.25, 0.3) is 27.8 Å². The first-order chi connectivity index (χ1) is 17.4. The van der Waals surface area contributed by atoms with Gasteiger partial charge in [-0.05, 0) is 61.1 Å². The van der Waals surface area contributed by atoms with Gasteiger partial charge < -0.3 is 10.0 Å². The van der Waals surface area contributed by atoms with Crippen molar-refractivity contribution in [3.63, 3.8) is 0 Å². The minimum Gasteiger partial charge on any atom is -0.388 e. The molecule has 1 aliphatic heterocycles. The fourth-order valence-corrected chi connectivity index (χ4v) is 4.92. The lowest BCUT2D eigenvalue weighted by atomic mass is 9.91. The predicted molar refractivity (Wildman–Crippen MR) is 132 cm³/mol. The highest BCUT2D eigenvalue weighted by atomic mass is 19.1. The summed E-state index contributed by atoms with van der Waals surface area (Å²) in [6.45, 7) is 1.12. The van der Waals surface area contributed by atoms with Crippen LogP contribution in [0, 0.1) is 11.7 Å². The van der Waals surface area contributed by atoms with Gasteiger partial charge in [-0.1, -0.05) is 24.3 Å². The monoisotopic (exact) mass is 487 g/mol. The summed E-state index contributed by atoms with van der Waals surface area (Å²) in [6.07, 6.45) is 5.71. The van der Waals surface area contributed by atoms with Gasteiger partial charge in [-0.2, -0.15) is 5.10 Å². The number of rotatable bonds is 5. The summed E-state index contributed by atoms with van der Waals surface area (Å²) in [5.74, 6) is 0.0604. The number of hydrogen-bond acceptors (Lipinski definition) is 5. The van der Waals surface area contributed by atoms with Gasteiger partial charge in [-0.3, -0.25) is 14.2 Å². The van der Waals surface area contributed by atoms with E-state index in [0.29, 0.717) is 37.0 Å². The Kier molecular flexibility index (Phi) is 5.44. The highest BCUT2D eigenvalue weighted by Gasteiger charge is 2.39. The Bertz CT molecular complexity index is 1500. The van der Waals surface area contributed by atoms with Crippen LogP contribution >= 0.6 is 0 Å². The van der Waals surface area contributed by atoms with E-state index in [4.69, 9.17) is 0 Å². The molecular formula is C27H26FN5O3. The van der Waals surface area contributed by atoms with Gasteiger partial charge in [-0.25, -0.2) is 14.1 Å². The van der Waals surface area contributed by atoms with Gasteiger partial charge in [0.25, 0.3) is 5.56 Å². The molecule has 1 saturated heterocycles. The standard InChI is InChI=1S/C27H26FN5O3/c28-21-3-1-2-20(14-21)18-6-8-22(9-7-18)33-24-23(15-30-33)26(35)32(17-29-24)16-27(36)10-12-31(13-11-27)25(34)19-4-5-19/h1-3,6-9,14-15,17,19,36H,4-5,10-13,16H2. The van der Waals surface area contributed by atoms with Crippen molar-refractivity contribution >= 4 is 16.9 Å². The first kappa shape index (κ1) is 22.6. The van der Waals surface area contributed by atoms with Crippen molar-refractivity contribution in [3.05, 3.63) is 77.2 Å². The van der Waals surface area contributed by atoms with Crippen LogP contribution in [0.1, 0.15) is 25.7 Å². The summed E-state index contributed by atoms with van der Waals surface area (Å²) in [4.78, 5) is 31.8. The lowest BCUT2D eigenvalue weighted by Gasteiger charge is -2.38. The molecule has 1 saturated carbocycles. The molecule has 6 rings (SSSR count). The first-order valence-corrected chi connectivity index (χ1v) is 12.2. The van der Waals surface area contributed by atoms with Crippen molar-refractivity contribution in [2.24, 2.45) is 5.92 Å². The number of aliphatic hydroxyl groups is 1. The maximum Gasteiger partial charge on any atom is 0.264 e. The molecule has 1 aliphatic carbocycles. The molecule has 2 aliphatic rings. The Hall–Kier alpha value is -3.85. The molecule has 0 atom stereocenters. The number of aromatic nitrogens is 4. The second kappa shape index (κ2) is 8.67. The van der Waals surface area contributed by atoms with Gasteiger partial charge in [0, 0.05) is 19.0 Å². The van der Waals surface area contributed by atoms with Crippen LogP contribution in [0.15, 0.2) is 65.8 Å². The zero-order valence-corrected chi connectivity index (χ0v) is 19.7. The van der Waals surface area contributed by atoms with Gasteiger partial charge in [-0.15, -0.1) is 0 Å². The molecule has 0 unspecified atom stereocenters. The summed E-state index contributed by atoms with van der Waals surface area (Å²) in [5.41, 5.74) is 1.44. The summed E-state index contributed by atoms with van der Waals surface area (Å²) >= 11 is 0. The number of hydrogen-bond donors (Lipinski definition) is 1.